The van der Waals surface area contributed by atoms with Gasteiger partial charge in [0.05, 0.1) is 29.0 Å². The predicted octanol–water partition coefficient (Wildman–Crippen LogP) is 3.76. The average Bonchev–Trinajstić information content (AvgIpc) is 3.54. The molecule has 1 spiro atoms. The first-order valence-corrected chi connectivity index (χ1v) is 17.3. The number of anilines is 1. The van der Waals surface area contributed by atoms with Crippen molar-refractivity contribution >= 4 is 48.2 Å². The quantitative estimate of drug-likeness (QED) is 0.151. The lowest BCUT2D eigenvalue weighted by atomic mass is 9.82. The molecule has 1 saturated heterocycles. The second-order valence-corrected chi connectivity index (χ2v) is 16.3. The van der Waals surface area contributed by atoms with E-state index in [1.165, 1.54) is 12.1 Å². The second kappa shape index (κ2) is 10.9. The fourth-order valence-corrected chi connectivity index (χ4v) is 9.28. The molecule has 2 aromatic carbocycles. The normalized spacial score (nSPS) is 24.2. The Labute approximate surface area is 246 Å². The van der Waals surface area contributed by atoms with Gasteiger partial charge in [0.15, 0.2) is 13.9 Å². The number of non-ortho nitro benzene ring substituents is 1. The highest BCUT2D eigenvalue weighted by molar-refractivity contribution is 14.1. The Morgan fingerprint density at radius 2 is 1.95 bits per heavy atom. The van der Waals surface area contributed by atoms with Crippen LogP contribution in [0, 0.1) is 19.6 Å². The van der Waals surface area contributed by atoms with Crippen molar-refractivity contribution < 1.29 is 24.4 Å². The summed E-state index contributed by atoms with van der Waals surface area (Å²) in [6, 6.07) is 12.4. The highest BCUT2D eigenvalue weighted by Crippen LogP contribution is 2.60. The van der Waals surface area contributed by atoms with Crippen LogP contribution in [0.4, 0.5) is 11.4 Å². The van der Waals surface area contributed by atoms with E-state index in [0.29, 0.717) is 42.9 Å². The van der Waals surface area contributed by atoms with Crippen molar-refractivity contribution in [1.82, 2.24) is 15.0 Å². The van der Waals surface area contributed by atoms with E-state index in [2.05, 4.69) is 32.9 Å². The zero-order valence-corrected chi connectivity index (χ0v) is 25.7. The molecule has 4 atom stereocenters. The Morgan fingerprint density at radius 3 is 2.60 bits per heavy atom. The van der Waals surface area contributed by atoms with Crippen LogP contribution in [0.5, 0.6) is 0 Å². The van der Waals surface area contributed by atoms with E-state index < -0.39 is 30.9 Å². The van der Waals surface area contributed by atoms with E-state index in [0.717, 1.165) is 9.13 Å². The number of rotatable bonds is 9. The molecule has 40 heavy (non-hydrogen) atoms. The summed E-state index contributed by atoms with van der Waals surface area (Å²) in [7, 11) is -2.89. The maximum atomic E-state index is 14.4. The topological polar surface area (TPSA) is 144 Å². The minimum Gasteiger partial charge on any atom is -0.432 e. The first-order valence-electron chi connectivity index (χ1n) is 13.2. The van der Waals surface area contributed by atoms with E-state index in [1.807, 2.05) is 44.3 Å². The van der Waals surface area contributed by atoms with Crippen molar-refractivity contribution in [2.24, 2.45) is 5.92 Å². The molecule has 1 aromatic heterocycles. The molecule has 212 valence electrons. The smallest absolute Gasteiger partial charge is 0.269 e. The molecule has 2 aliphatic heterocycles. The Balaban J connectivity index is 1.54. The summed E-state index contributed by atoms with van der Waals surface area (Å²) in [6.45, 7) is 6.31. The molecule has 13 heteroatoms. The Hall–Kier alpha value is -2.72. The van der Waals surface area contributed by atoms with Crippen LogP contribution in [0.2, 0.25) is 18.6 Å². The van der Waals surface area contributed by atoms with Crippen molar-refractivity contribution in [2.75, 3.05) is 11.5 Å². The van der Waals surface area contributed by atoms with Gasteiger partial charge in [-0.15, -0.1) is 5.10 Å². The highest BCUT2D eigenvalue weighted by atomic mass is 127. The number of fused-ring (bicyclic) bond motifs is 2. The molecule has 0 aliphatic carbocycles. The summed E-state index contributed by atoms with van der Waals surface area (Å²) >= 11 is 2.23. The summed E-state index contributed by atoms with van der Waals surface area (Å²) in [4.78, 5) is 38.8. The SMILES string of the molecule is C[C@@H]1[C@@H]([Si](C)(C)O)[C@H](CCn2cc(CCO)nn2)O[C@@]12C(=O)N(Cc1ccc(I)cc1)c1ccc([N+](=O)[O-])cc12. The first kappa shape index (κ1) is 28.8. The van der Waals surface area contributed by atoms with Crippen molar-refractivity contribution in [3.63, 3.8) is 0 Å². The summed E-state index contributed by atoms with van der Waals surface area (Å²) < 4.78 is 9.50. The van der Waals surface area contributed by atoms with Crippen LogP contribution < -0.4 is 4.90 Å². The zero-order chi connectivity index (χ0) is 28.8. The molecule has 0 unspecified atom stereocenters. The summed E-state index contributed by atoms with van der Waals surface area (Å²) in [5.74, 6) is -0.703. The molecule has 2 aliphatic rings. The zero-order valence-electron chi connectivity index (χ0n) is 22.5. The van der Waals surface area contributed by atoms with Gasteiger partial charge < -0.3 is 19.5 Å². The molecular weight excluding hydrogens is 645 g/mol. The molecule has 5 rings (SSSR count). The van der Waals surface area contributed by atoms with Crippen molar-refractivity contribution in [3.8, 4) is 0 Å². The number of aryl methyl sites for hydroxylation is 1. The van der Waals surface area contributed by atoms with Crippen LogP contribution in [-0.4, -0.2) is 56.8 Å². The first-order chi connectivity index (χ1) is 19.0. The molecule has 3 heterocycles. The van der Waals surface area contributed by atoms with Crippen molar-refractivity contribution in [3.05, 3.63) is 79.2 Å². The van der Waals surface area contributed by atoms with E-state index in [9.17, 15) is 24.8 Å². The van der Waals surface area contributed by atoms with E-state index in [1.54, 1.807) is 21.8 Å². The van der Waals surface area contributed by atoms with Gasteiger partial charge in [-0.3, -0.25) is 19.6 Å². The van der Waals surface area contributed by atoms with E-state index in [4.69, 9.17) is 4.74 Å². The lowest BCUT2D eigenvalue weighted by Gasteiger charge is -2.32. The van der Waals surface area contributed by atoms with Gasteiger partial charge >= 0.3 is 0 Å². The third-order valence-electron chi connectivity index (χ3n) is 8.03. The van der Waals surface area contributed by atoms with Crippen molar-refractivity contribution in [2.45, 2.75) is 63.2 Å². The number of aliphatic hydroxyl groups is 1. The molecule has 1 amide bonds. The van der Waals surface area contributed by atoms with Crippen molar-refractivity contribution in [1.29, 1.82) is 0 Å². The van der Waals surface area contributed by atoms with Gasteiger partial charge in [0.2, 0.25) is 0 Å². The summed E-state index contributed by atoms with van der Waals surface area (Å²) in [6.07, 6.45) is 2.15. The van der Waals surface area contributed by atoms with Gasteiger partial charge in [0.1, 0.15) is 0 Å². The standard InChI is InChI=1S/C27H32IN5O6Si/c1-17-25(40(2,3)38)24(10-12-31-16-20(11-13-34)29-30-31)39-27(17)22-14-21(33(36)37)8-9-23(22)32(26(27)35)15-18-4-6-19(28)7-5-18/h4-9,14,16-17,24-25,34,38H,10-13,15H2,1-3H3/t17-,24+,25-,27+/m1/s1. The minimum atomic E-state index is -2.89. The Kier molecular flexibility index (Phi) is 7.87. The number of ether oxygens (including phenoxy) is 1. The highest BCUT2D eigenvalue weighted by Gasteiger charge is 2.66. The monoisotopic (exact) mass is 677 g/mol. The van der Waals surface area contributed by atoms with Gasteiger partial charge in [-0.25, -0.2) is 0 Å². The van der Waals surface area contributed by atoms with Gasteiger partial charge in [-0.1, -0.05) is 24.3 Å². The Bertz CT molecular complexity index is 1430. The Morgan fingerprint density at radius 1 is 1.23 bits per heavy atom. The number of halogens is 1. The van der Waals surface area contributed by atoms with Crippen LogP contribution in [0.3, 0.4) is 0 Å². The molecule has 11 nitrogen and oxygen atoms in total. The number of hydrogen-bond donors (Lipinski definition) is 2. The van der Waals surface area contributed by atoms with E-state index >= 15 is 0 Å². The third kappa shape index (κ3) is 5.09. The number of benzene rings is 2. The molecule has 0 bridgehead atoms. The summed E-state index contributed by atoms with van der Waals surface area (Å²) in [5.41, 5.74) is 0.767. The number of hydrogen-bond acceptors (Lipinski definition) is 8. The third-order valence-corrected chi connectivity index (χ3v) is 11.3. The second-order valence-electron chi connectivity index (χ2n) is 11.1. The minimum absolute atomic E-state index is 0.0246. The van der Waals surface area contributed by atoms with Crippen LogP contribution in [0.25, 0.3) is 0 Å². The van der Waals surface area contributed by atoms with Crippen LogP contribution >= 0.6 is 22.6 Å². The lowest BCUT2D eigenvalue weighted by molar-refractivity contribution is -0.385. The number of aliphatic hydroxyl groups excluding tert-OH is 1. The largest absolute Gasteiger partial charge is 0.432 e. The maximum Gasteiger partial charge on any atom is 0.269 e. The maximum absolute atomic E-state index is 14.4. The molecule has 1 fully saturated rings. The fraction of sp³-hybridized carbons (Fsp3) is 0.444. The van der Waals surface area contributed by atoms with Gasteiger partial charge in [0.25, 0.3) is 11.6 Å². The molecule has 0 radical (unpaired) electrons. The molecule has 0 saturated carbocycles. The number of nitrogens with zero attached hydrogens (tertiary/aromatic N) is 5. The van der Waals surface area contributed by atoms with Gasteiger partial charge in [0, 0.05) is 58.5 Å². The molecule has 3 aromatic rings. The predicted molar refractivity (Wildman–Crippen MR) is 158 cm³/mol. The van der Waals surface area contributed by atoms with Gasteiger partial charge in [-0.05, 0) is 65.9 Å². The number of carbonyl (C=O) groups is 1. The van der Waals surface area contributed by atoms with Crippen LogP contribution in [0.15, 0.2) is 48.7 Å². The van der Waals surface area contributed by atoms with Gasteiger partial charge in [-0.2, -0.15) is 0 Å². The molecule has 2 N–H and O–H groups in total. The number of carbonyl (C=O) groups excluding carboxylic acids is 1. The van der Waals surface area contributed by atoms with E-state index in [-0.39, 0.29) is 23.7 Å². The molecular formula is C27H32IN5O6Si. The lowest BCUT2D eigenvalue weighted by Crippen LogP contribution is -2.46. The van der Waals surface area contributed by atoms with Crippen LogP contribution in [0.1, 0.15) is 30.2 Å². The summed E-state index contributed by atoms with van der Waals surface area (Å²) in [5, 5.41) is 29.2. The fourth-order valence-electron chi connectivity index (χ4n) is 6.31. The average molecular weight is 678 g/mol. The number of amides is 1. The van der Waals surface area contributed by atoms with Crippen LogP contribution in [-0.2, 0) is 34.6 Å². The number of nitro benzene ring substituents is 1. The number of aromatic nitrogens is 3. The number of nitro groups is 1.